The van der Waals surface area contributed by atoms with E-state index in [0.717, 1.165) is 22.4 Å². The topological polar surface area (TPSA) is 40.6 Å². The summed E-state index contributed by atoms with van der Waals surface area (Å²) in [4.78, 5) is 4.41. The van der Waals surface area contributed by atoms with Crippen LogP contribution in [0.15, 0.2) is 42.6 Å². The number of nitrogens with zero attached hydrogens (tertiary/aromatic N) is 1. The monoisotopic (exact) mass is 337 g/mol. The molecule has 130 valence electrons. The van der Waals surface area contributed by atoms with Gasteiger partial charge in [0.15, 0.2) is 11.5 Å². The van der Waals surface area contributed by atoms with Gasteiger partial charge in [-0.25, -0.2) is 0 Å². The third-order valence-electron chi connectivity index (χ3n) is 4.30. The van der Waals surface area contributed by atoms with Crippen molar-refractivity contribution in [2.45, 2.75) is 26.7 Å². The molecular weight excluding hydrogens is 314 g/mol. The highest BCUT2D eigenvalue weighted by atomic mass is 16.5. The zero-order chi connectivity index (χ0) is 18.0. The average molecular weight is 337 g/mol. The molecule has 2 aromatic carbocycles. The Kier molecular flexibility index (Phi) is 4.79. The largest absolute Gasteiger partial charge is 0.493 e. The first-order valence-electron chi connectivity index (χ1n) is 8.32. The van der Waals surface area contributed by atoms with Gasteiger partial charge in [-0.2, -0.15) is 0 Å². The highest BCUT2D eigenvalue weighted by Crippen LogP contribution is 2.37. The van der Waals surface area contributed by atoms with Crippen molar-refractivity contribution < 1.29 is 14.2 Å². The second-order valence-electron chi connectivity index (χ2n) is 6.31. The Morgan fingerprint density at radius 1 is 0.880 bits per heavy atom. The van der Waals surface area contributed by atoms with Gasteiger partial charge in [0, 0.05) is 17.6 Å². The average Bonchev–Trinajstić information content (AvgIpc) is 2.60. The summed E-state index contributed by atoms with van der Waals surface area (Å²) in [5, 5.41) is 0.880. The van der Waals surface area contributed by atoms with Crippen LogP contribution in [0.5, 0.6) is 23.0 Å². The van der Waals surface area contributed by atoms with Gasteiger partial charge >= 0.3 is 0 Å². The lowest BCUT2D eigenvalue weighted by atomic mass is 9.98. The fourth-order valence-corrected chi connectivity index (χ4v) is 3.02. The molecule has 0 aliphatic heterocycles. The van der Waals surface area contributed by atoms with Gasteiger partial charge < -0.3 is 14.2 Å². The molecule has 0 saturated heterocycles. The molecule has 0 spiro atoms. The third kappa shape index (κ3) is 3.38. The number of hydrogen-bond acceptors (Lipinski definition) is 4. The van der Waals surface area contributed by atoms with E-state index >= 15 is 0 Å². The Balaban J connectivity index is 2.03. The maximum Gasteiger partial charge on any atom is 0.162 e. The van der Waals surface area contributed by atoms with E-state index < -0.39 is 0 Å². The van der Waals surface area contributed by atoms with Crippen LogP contribution in [0, 0.1) is 6.92 Å². The van der Waals surface area contributed by atoms with Crippen molar-refractivity contribution in [2.75, 3.05) is 14.2 Å². The molecule has 0 fully saturated rings. The van der Waals surface area contributed by atoms with Crippen LogP contribution in [-0.2, 0) is 0 Å². The number of hydrogen-bond donors (Lipinski definition) is 0. The lowest BCUT2D eigenvalue weighted by Gasteiger charge is -2.14. The Morgan fingerprint density at radius 2 is 1.60 bits per heavy atom. The van der Waals surface area contributed by atoms with E-state index in [0.29, 0.717) is 17.4 Å². The summed E-state index contributed by atoms with van der Waals surface area (Å²) < 4.78 is 16.9. The van der Waals surface area contributed by atoms with Gasteiger partial charge in [-0.1, -0.05) is 19.9 Å². The first-order valence-corrected chi connectivity index (χ1v) is 8.32. The van der Waals surface area contributed by atoms with Crippen molar-refractivity contribution in [1.82, 2.24) is 4.98 Å². The zero-order valence-corrected chi connectivity index (χ0v) is 15.3. The molecule has 1 aromatic heterocycles. The minimum Gasteiger partial charge on any atom is -0.493 e. The lowest BCUT2D eigenvalue weighted by Crippen LogP contribution is -1.95. The van der Waals surface area contributed by atoms with E-state index in [2.05, 4.69) is 37.9 Å². The highest BCUT2D eigenvalue weighted by Gasteiger charge is 2.12. The second-order valence-corrected chi connectivity index (χ2v) is 6.31. The normalized spacial score (nSPS) is 11.0. The number of aryl methyl sites for hydroxylation is 1. The Bertz CT molecular complexity index is 903. The van der Waals surface area contributed by atoms with E-state index in [1.165, 1.54) is 11.1 Å². The molecule has 4 nitrogen and oxygen atoms in total. The number of rotatable bonds is 5. The lowest BCUT2D eigenvalue weighted by molar-refractivity contribution is 0.355. The predicted molar refractivity (Wildman–Crippen MR) is 100 cm³/mol. The molecule has 0 aliphatic carbocycles. The van der Waals surface area contributed by atoms with E-state index in [9.17, 15) is 0 Å². The van der Waals surface area contributed by atoms with Crippen molar-refractivity contribution in [3.63, 3.8) is 0 Å². The van der Waals surface area contributed by atoms with Gasteiger partial charge in [-0.05, 0) is 48.2 Å². The van der Waals surface area contributed by atoms with Crippen molar-refractivity contribution in [1.29, 1.82) is 0 Å². The van der Waals surface area contributed by atoms with Crippen LogP contribution in [-0.4, -0.2) is 19.2 Å². The first-order chi connectivity index (χ1) is 12.0. The third-order valence-corrected chi connectivity index (χ3v) is 4.30. The number of aromatic nitrogens is 1. The molecular formula is C21H23NO3. The molecule has 0 atom stereocenters. The van der Waals surface area contributed by atoms with Crippen LogP contribution in [0.4, 0.5) is 0 Å². The smallest absolute Gasteiger partial charge is 0.162 e. The van der Waals surface area contributed by atoms with Crippen molar-refractivity contribution in [3.8, 4) is 23.0 Å². The van der Waals surface area contributed by atoms with Crippen LogP contribution in [0.2, 0.25) is 0 Å². The molecule has 3 rings (SSSR count). The minimum absolute atomic E-state index is 0.493. The van der Waals surface area contributed by atoms with Gasteiger partial charge in [0.2, 0.25) is 0 Å². The summed E-state index contributed by atoms with van der Waals surface area (Å²) >= 11 is 0. The van der Waals surface area contributed by atoms with E-state index in [1.807, 2.05) is 24.3 Å². The minimum atomic E-state index is 0.493. The maximum atomic E-state index is 6.14. The van der Waals surface area contributed by atoms with Crippen molar-refractivity contribution in [3.05, 3.63) is 53.7 Å². The summed E-state index contributed by atoms with van der Waals surface area (Å²) in [5.41, 5.74) is 3.36. The second kappa shape index (κ2) is 7.01. The summed E-state index contributed by atoms with van der Waals surface area (Å²) in [7, 11) is 3.23. The van der Waals surface area contributed by atoms with E-state index in [4.69, 9.17) is 14.2 Å². The van der Waals surface area contributed by atoms with Gasteiger partial charge in [-0.3, -0.25) is 4.98 Å². The molecule has 1 heterocycles. The molecule has 0 saturated carbocycles. The number of benzene rings is 2. The highest BCUT2D eigenvalue weighted by molar-refractivity contribution is 5.88. The van der Waals surface area contributed by atoms with Crippen LogP contribution in [0.1, 0.15) is 30.9 Å². The van der Waals surface area contributed by atoms with E-state index in [1.54, 1.807) is 20.4 Å². The number of methoxy groups -OCH3 is 2. The molecule has 0 aliphatic rings. The van der Waals surface area contributed by atoms with Gasteiger partial charge in [-0.15, -0.1) is 0 Å². The van der Waals surface area contributed by atoms with Gasteiger partial charge in [0.05, 0.1) is 19.7 Å². The molecule has 0 unspecified atom stereocenters. The van der Waals surface area contributed by atoms with Crippen LogP contribution < -0.4 is 14.2 Å². The SMILES string of the molecule is COc1cc2nccc(Oc3ccc(C(C)C)c(C)c3)c2cc1OC. The summed E-state index contributed by atoms with van der Waals surface area (Å²) in [6, 6.07) is 11.8. The Morgan fingerprint density at radius 3 is 2.24 bits per heavy atom. The van der Waals surface area contributed by atoms with Gasteiger partial charge in [0.25, 0.3) is 0 Å². The quantitative estimate of drug-likeness (QED) is 0.618. The first kappa shape index (κ1) is 17.1. The molecule has 0 radical (unpaired) electrons. The fraction of sp³-hybridized carbons (Fsp3) is 0.286. The number of ether oxygens (including phenoxy) is 3. The van der Waals surface area contributed by atoms with Crippen LogP contribution in [0.25, 0.3) is 10.9 Å². The van der Waals surface area contributed by atoms with E-state index in [-0.39, 0.29) is 0 Å². The Hall–Kier alpha value is -2.75. The zero-order valence-electron chi connectivity index (χ0n) is 15.3. The molecule has 4 heteroatoms. The molecule has 3 aromatic rings. The molecule has 0 N–H and O–H groups in total. The summed E-state index contributed by atoms with van der Waals surface area (Å²) in [5.74, 6) is 3.34. The number of pyridine rings is 1. The molecule has 25 heavy (non-hydrogen) atoms. The summed E-state index contributed by atoms with van der Waals surface area (Å²) in [6.45, 7) is 6.50. The molecule has 0 bridgehead atoms. The van der Waals surface area contributed by atoms with Gasteiger partial charge in [0.1, 0.15) is 11.5 Å². The Labute approximate surface area is 148 Å². The predicted octanol–water partition coefficient (Wildman–Crippen LogP) is 5.48. The van der Waals surface area contributed by atoms with Crippen molar-refractivity contribution >= 4 is 10.9 Å². The summed E-state index contributed by atoms with van der Waals surface area (Å²) in [6.07, 6.45) is 1.74. The maximum absolute atomic E-state index is 6.14. The van der Waals surface area contributed by atoms with Crippen LogP contribution in [0.3, 0.4) is 0 Å². The molecule has 0 amide bonds. The van der Waals surface area contributed by atoms with Crippen molar-refractivity contribution in [2.24, 2.45) is 0 Å². The van der Waals surface area contributed by atoms with Crippen LogP contribution >= 0.6 is 0 Å². The number of fused-ring (bicyclic) bond motifs is 1. The fourth-order valence-electron chi connectivity index (χ4n) is 3.02. The standard InChI is InChI=1S/C21H23NO3/c1-13(2)16-7-6-15(10-14(16)3)25-19-8-9-22-18-12-21(24-5)20(23-4)11-17(18)19/h6-13H,1-5H3.